The summed E-state index contributed by atoms with van der Waals surface area (Å²) in [7, 11) is 0. The predicted octanol–water partition coefficient (Wildman–Crippen LogP) is 4.43. The number of hydrogen-bond acceptors (Lipinski definition) is 3. The van der Waals surface area contributed by atoms with Crippen molar-refractivity contribution in [3.63, 3.8) is 0 Å². The Balaban J connectivity index is 1.40. The summed E-state index contributed by atoms with van der Waals surface area (Å²) in [5, 5.41) is 0. The van der Waals surface area contributed by atoms with Gasteiger partial charge in [-0.25, -0.2) is 4.98 Å². The standard InChI is InChI=1S/C25H23N3O/c26-24(15-23-16-27-17-28-23)25(29)14-18-6-8-20(9-7-18)22-12-10-21(11-13-22)19-4-2-1-3-5-19/h1-13,16-17,24H,14-15,26H2,(H,27,28)/t24-/m0/s1. The zero-order valence-corrected chi connectivity index (χ0v) is 16.1. The number of rotatable bonds is 7. The maximum atomic E-state index is 12.4. The van der Waals surface area contributed by atoms with Crippen LogP contribution in [0.4, 0.5) is 0 Å². The van der Waals surface area contributed by atoms with Gasteiger partial charge in [0.25, 0.3) is 0 Å². The van der Waals surface area contributed by atoms with Crippen molar-refractivity contribution in [2.24, 2.45) is 5.73 Å². The molecule has 0 unspecified atom stereocenters. The molecule has 0 aliphatic rings. The van der Waals surface area contributed by atoms with Gasteiger partial charge in [0.2, 0.25) is 0 Å². The molecule has 1 atom stereocenters. The quantitative estimate of drug-likeness (QED) is 0.498. The minimum Gasteiger partial charge on any atom is -0.351 e. The average molecular weight is 381 g/mol. The monoisotopic (exact) mass is 381 g/mol. The van der Waals surface area contributed by atoms with Gasteiger partial charge in [-0.15, -0.1) is 0 Å². The number of nitrogens with zero attached hydrogens (tertiary/aromatic N) is 1. The first-order valence-corrected chi connectivity index (χ1v) is 9.70. The first-order valence-electron chi connectivity index (χ1n) is 9.70. The molecule has 0 fully saturated rings. The molecule has 29 heavy (non-hydrogen) atoms. The number of aromatic nitrogens is 2. The highest BCUT2D eigenvalue weighted by molar-refractivity contribution is 5.86. The molecule has 0 saturated carbocycles. The van der Waals surface area contributed by atoms with Gasteiger partial charge >= 0.3 is 0 Å². The number of ketones is 1. The number of nitrogens with one attached hydrogen (secondary N) is 1. The molecule has 144 valence electrons. The van der Waals surface area contributed by atoms with Crippen LogP contribution in [0.5, 0.6) is 0 Å². The van der Waals surface area contributed by atoms with E-state index in [1.807, 2.05) is 30.3 Å². The molecule has 3 N–H and O–H groups in total. The highest BCUT2D eigenvalue weighted by Gasteiger charge is 2.15. The normalized spacial score (nSPS) is 11.9. The number of benzene rings is 3. The number of carbonyl (C=O) groups is 1. The Bertz CT molecular complexity index is 1050. The fourth-order valence-corrected chi connectivity index (χ4v) is 3.37. The van der Waals surface area contributed by atoms with Crippen LogP contribution in [0, 0.1) is 0 Å². The van der Waals surface area contributed by atoms with Crippen LogP contribution in [0.1, 0.15) is 11.3 Å². The zero-order valence-electron chi connectivity index (χ0n) is 16.1. The number of aromatic amines is 1. The van der Waals surface area contributed by atoms with E-state index in [2.05, 4.69) is 58.5 Å². The first kappa shape index (κ1) is 18.8. The molecule has 4 heteroatoms. The third-order valence-electron chi connectivity index (χ3n) is 5.06. The molecule has 0 saturated heterocycles. The fourth-order valence-electron chi connectivity index (χ4n) is 3.37. The van der Waals surface area contributed by atoms with E-state index in [9.17, 15) is 4.79 Å². The minimum atomic E-state index is -0.538. The van der Waals surface area contributed by atoms with Gasteiger partial charge < -0.3 is 10.7 Å². The molecule has 0 spiro atoms. The number of Topliss-reactive ketones (excluding diaryl/α,β-unsaturated/α-hetero) is 1. The Hall–Kier alpha value is -3.50. The van der Waals surface area contributed by atoms with Crippen molar-refractivity contribution in [1.82, 2.24) is 9.97 Å². The summed E-state index contributed by atoms with van der Waals surface area (Å²) in [5.41, 5.74) is 12.5. The van der Waals surface area contributed by atoms with E-state index in [4.69, 9.17) is 5.73 Å². The predicted molar refractivity (Wildman–Crippen MR) is 116 cm³/mol. The van der Waals surface area contributed by atoms with Crippen molar-refractivity contribution in [3.05, 3.63) is 103 Å². The molecular weight excluding hydrogens is 358 g/mol. The number of nitrogens with two attached hydrogens (primary N) is 1. The number of imidazole rings is 1. The van der Waals surface area contributed by atoms with Gasteiger partial charge in [-0.05, 0) is 27.8 Å². The Morgan fingerprint density at radius 1 is 0.828 bits per heavy atom. The van der Waals surface area contributed by atoms with E-state index in [1.165, 1.54) is 11.1 Å². The van der Waals surface area contributed by atoms with Gasteiger partial charge in [0.1, 0.15) is 0 Å². The average Bonchev–Trinajstić information content (AvgIpc) is 3.28. The van der Waals surface area contributed by atoms with Gasteiger partial charge in [0.05, 0.1) is 18.1 Å². The second-order valence-electron chi connectivity index (χ2n) is 7.15. The maximum Gasteiger partial charge on any atom is 0.154 e. The van der Waals surface area contributed by atoms with Gasteiger partial charge in [-0.3, -0.25) is 4.79 Å². The van der Waals surface area contributed by atoms with Crippen LogP contribution in [0.15, 0.2) is 91.4 Å². The third kappa shape index (κ3) is 4.68. The van der Waals surface area contributed by atoms with E-state index in [0.29, 0.717) is 12.8 Å². The Morgan fingerprint density at radius 3 is 1.93 bits per heavy atom. The largest absolute Gasteiger partial charge is 0.351 e. The lowest BCUT2D eigenvalue weighted by Crippen LogP contribution is -2.34. The lowest BCUT2D eigenvalue weighted by atomic mass is 9.97. The number of hydrogen-bond donors (Lipinski definition) is 2. The molecule has 0 aliphatic heterocycles. The molecule has 0 radical (unpaired) electrons. The molecule has 4 nitrogen and oxygen atoms in total. The summed E-state index contributed by atoms with van der Waals surface area (Å²) in [6.07, 6.45) is 4.15. The van der Waals surface area contributed by atoms with Gasteiger partial charge in [-0.2, -0.15) is 0 Å². The summed E-state index contributed by atoms with van der Waals surface area (Å²) >= 11 is 0. The summed E-state index contributed by atoms with van der Waals surface area (Å²) in [6.45, 7) is 0. The minimum absolute atomic E-state index is 0.0213. The Morgan fingerprint density at radius 2 is 1.38 bits per heavy atom. The lowest BCUT2D eigenvalue weighted by molar-refractivity contribution is -0.119. The summed E-state index contributed by atoms with van der Waals surface area (Å²) in [4.78, 5) is 19.4. The van der Waals surface area contributed by atoms with E-state index in [0.717, 1.165) is 22.4 Å². The topological polar surface area (TPSA) is 71.8 Å². The highest BCUT2D eigenvalue weighted by Crippen LogP contribution is 2.25. The van der Waals surface area contributed by atoms with Crippen molar-refractivity contribution in [2.75, 3.05) is 0 Å². The van der Waals surface area contributed by atoms with Crippen LogP contribution in [0.25, 0.3) is 22.3 Å². The molecular formula is C25H23N3O. The van der Waals surface area contributed by atoms with Crippen LogP contribution >= 0.6 is 0 Å². The SMILES string of the molecule is N[C@@H](Cc1c[nH]cn1)C(=O)Cc1ccc(-c2ccc(-c3ccccc3)cc2)cc1. The molecule has 0 aliphatic carbocycles. The van der Waals surface area contributed by atoms with Crippen molar-refractivity contribution in [1.29, 1.82) is 0 Å². The maximum absolute atomic E-state index is 12.4. The van der Waals surface area contributed by atoms with E-state index in [1.54, 1.807) is 12.5 Å². The highest BCUT2D eigenvalue weighted by atomic mass is 16.1. The first-order chi connectivity index (χ1) is 14.2. The summed E-state index contributed by atoms with van der Waals surface area (Å²) in [6, 6.07) is 26.4. The number of H-pyrrole nitrogens is 1. The van der Waals surface area contributed by atoms with Crippen molar-refractivity contribution in [3.8, 4) is 22.3 Å². The summed E-state index contributed by atoms with van der Waals surface area (Å²) < 4.78 is 0. The molecule has 1 aromatic heterocycles. The van der Waals surface area contributed by atoms with E-state index < -0.39 is 6.04 Å². The third-order valence-corrected chi connectivity index (χ3v) is 5.06. The molecule has 0 bridgehead atoms. The van der Waals surface area contributed by atoms with Crippen LogP contribution in [-0.4, -0.2) is 21.8 Å². The van der Waals surface area contributed by atoms with Crippen LogP contribution in [0.2, 0.25) is 0 Å². The summed E-state index contributed by atoms with van der Waals surface area (Å²) in [5.74, 6) is 0.0213. The number of carbonyl (C=O) groups excluding carboxylic acids is 1. The van der Waals surface area contributed by atoms with Crippen LogP contribution in [0.3, 0.4) is 0 Å². The lowest BCUT2D eigenvalue weighted by Gasteiger charge is -2.10. The smallest absolute Gasteiger partial charge is 0.154 e. The Labute approximate surface area is 170 Å². The molecule has 0 amide bonds. The fraction of sp³-hybridized carbons (Fsp3) is 0.120. The van der Waals surface area contributed by atoms with E-state index >= 15 is 0 Å². The van der Waals surface area contributed by atoms with Crippen molar-refractivity contribution in [2.45, 2.75) is 18.9 Å². The van der Waals surface area contributed by atoms with Gasteiger partial charge in [0.15, 0.2) is 5.78 Å². The van der Waals surface area contributed by atoms with Crippen LogP contribution < -0.4 is 5.73 Å². The molecule has 4 rings (SSSR count). The second kappa shape index (κ2) is 8.67. The van der Waals surface area contributed by atoms with Gasteiger partial charge in [0, 0.05) is 19.0 Å². The van der Waals surface area contributed by atoms with Crippen molar-refractivity contribution >= 4 is 5.78 Å². The van der Waals surface area contributed by atoms with E-state index in [-0.39, 0.29) is 5.78 Å². The molecule has 1 heterocycles. The molecule has 3 aromatic carbocycles. The Kier molecular flexibility index (Phi) is 5.63. The van der Waals surface area contributed by atoms with Gasteiger partial charge in [-0.1, -0.05) is 78.9 Å². The zero-order chi connectivity index (χ0) is 20.1. The van der Waals surface area contributed by atoms with Crippen molar-refractivity contribution < 1.29 is 4.79 Å². The second-order valence-corrected chi connectivity index (χ2v) is 7.15. The molecule has 4 aromatic rings. The van der Waals surface area contributed by atoms with Crippen LogP contribution in [-0.2, 0) is 17.6 Å².